The van der Waals surface area contributed by atoms with Crippen LogP contribution in [0.1, 0.15) is 25.1 Å². The van der Waals surface area contributed by atoms with Crippen molar-refractivity contribution in [2.75, 3.05) is 13.2 Å². The number of alkyl halides is 3. The molecule has 0 N–H and O–H groups in total. The zero-order valence-electron chi connectivity index (χ0n) is 16.9. The Labute approximate surface area is 195 Å². The molecule has 1 aromatic heterocycles. The molecule has 1 heterocycles. The van der Waals surface area contributed by atoms with Crippen LogP contribution in [0.3, 0.4) is 0 Å². The van der Waals surface area contributed by atoms with E-state index in [-0.39, 0.29) is 49.9 Å². The lowest BCUT2D eigenvalue weighted by atomic mass is 10.2. The van der Waals surface area contributed by atoms with E-state index >= 15 is 0 Å². The lowest BCUT2D eigenvalue weighted by molar-refractivity contribution is -0.144. The van der Waals surface area contributed by atoms with E-state index < -0.39 is 30.7 Å². The summed E-state index contributed by atoms with van der Waals surface area (Å²) in [4.78, 5) is 25.0. The van der Waals surface area contributed by atoms with Crippen molar-refractivity contribution in [1.82, 2.24) is 9.13 Å². The number of rotatable bonds is 7. The van der Waals surface area contributed by atoms with Crippen molar-refractivity contribution in [2.24, 2.45) is 7.05 Å². The van der Waals surface area contributed by atoms with Crippen LogP contribution in [0.25, 0.3) is 11.8 Å². The van der Waals surface area contributed by atoms with E-state index in [1.807, 2.05) is 0 Å². The highest BCUT2D eigenvalue weighted by Crippen LogP contribution is 2.58. The average Bonchev–Trinajstić information content (AvgIpc) is 2.67. The molecule has 2 aromatic rings. The molecule has 0 saturated carbocycles. The summed E-state index contributed by atoms with van der Waals surface area (Å²) in [6.45, 7) is 3.21. The molecular weight excluding hydrogens is 519 g/mol. The SMILES string of the molecule is CCOP(=O)(OCC)C(Cl)=Cc1cc(-n2c(=O)cc(C(F)(F)F)n(C)c2=O)c(Cl)cc1Cl. The monoisotopic (exact) mass is 534 g/mol. The van der Waals surface area contributed by atoms with Gasteiger partial charge in [0.05, 0.1) is 23.9 Å². The largest absolute Gasteiger partial charge is 0.431 e. The smallest absolute Gasteiger partial charge is 0.305 e. The zero-order chi connectivity index (χ0) is 24.4. The molecule has 0 amide bonds. The molecule has 0 saturated heterocycles. The molecule has 0 radical (unpaired) electrons. The van der Waals surface area contributed by atoms with E-state index in [2.05, 4.69) is 0 Å². The van der Waals surface area contributed by atoms with Gasteiger partial charge in [0.25, 0.3) is 5.56 Å². The third-order valence-corrected chi connectivity index (χ3v) is 7.26. The third-order valence-electron chi connectivity index (χ3n) is 4.05. The summed E-state index contributed by atoms with van der Waals surface area (Å²) in [6.07, 6.45) is -3.79. The first-order valence-electron chi connectivity index (χ1n) is 8.93. The van der Waals surface area contributed by atoms with Crippen LogP contribution in [0.2, 0.25) is 10.0 Å². The highest BCUT2D eigenvalue weighted by molar-refractivity contribution is 7.61. The minimum absolute atomic E-state index is 0.00627. The Kier molecular flexibility index (Phi) is 8.47. The number of hydrogen-bond acceptors (Lipinski definition) is 5. The number of halogens is 6. The summed E-state index contributed by atoms with van der Waals surface area (Å²) in [6, 6.07) is 2.57. The first-order valence-corrected chi connectivity index (χ1v) is 11.6. The quantitative estimate of drug-likeness (QED) is 0.427. The summed E-state index contributed by atoms with van der Waals surface area (Å²) in [5, 5.41) is -0.201. The molecule has 0 unspecified atom stereocenters. The number of nitrogens with zero attached hydrogens (tertiary/aromatic N) is 2. The van der Waals surface area contributed by atoms with Gasteiger partial charge in [-0.05, 0) is 37.6 Å². The Morgan fingerprint density at radius 3 is 2.16 bits per heavy atom. The van der Waals surface area contributed by atoms with E-state index in [4.69, 9.17) is 43.9 Å². The van der Waals surface area contributed by atoms with E-state index in [0.717, 1.165) is 25.3 Å². The van der Waals surface area contributed by atoms with Crippen LogP contribution in [0.4, 0.5) is 13.2 Å². The second-order valence-corrected chi connectivity index (χ2v) is 9.65. The molecule has 0 fully saturated rings. The Hall–Kier alpha value is -1.55. The fourth-order valence-corrected chi connectivity index (χ4v) is 4.89. The molecule has 7 nitrogen and oxygen atoms in total. The average molecular weight is 536 g/mol. The first kappa shape index (κ1) is 26.7. The van der Waals surface area contributed by atoms with Crippen molar-refractivity contribution in [2.45, 2.75) is 20.0 Å². The summed E-state index contributed by atoms with van der Waals surface area (Å²) in [5.41, 5.74) is -4.17. The van der Waals surface area contributed by atoms with E-state index in [0.29, 0.717) is 4.57 Å². The first-order chi connectivity index (χ1) is 14.8. The number of hydrogen-bond donors (Lipinski definition) is 0. The van der Waals surface area contributed by atoms with Crippen molar-refractivity contribution in [3.05, 3.63) is 65.1 Å². The predicted octanol–water partition coefficient (Wildman–Crippen LogP) is 5.67. The van der Waals surface area contributed by atoms with Crippen molar-refractivity contribution in [1.29, 1.82) is 0 Å². The Morgan fingerprint density at radius 2 is 1.66 bits per heavy atom. The predicted molar refractivity (Wildman–Crippen MR) is 117 cm³/mol. The molecule has 0 aliphatic heterocycles. The standard InChI is InChI=1S/C18H17Cl3F3N2O5P/c1-4-30-32(29,31-5-2)15(21)7-10-6-13(12(20)8-11(10)19)26-16(27)9-14(18(22,23)24)25(3)17(26)28/h6-9H,4-5H2,1-3H3. The van der Waals surface area contributed by atoms with Crippen LogP contribution in [0.5, 0.6) is 0 Å². The lowest BCUT2D eigenvalue weighted by Gasteiger charge is -2.17. The maximum absolute atomic E-state index is 13.1. The van der Waals surface area contributed by atoms with E-state index in [1.165, 1.54) is 0 Å². The minimum atomic E-state index is -4.92. The lowest BCUT2D eigenvalue weighted by Crippen LogP contribution is -2.40. The Balaban J connectivity index is 2.75. The van der Waals surface area contributed by atoms with Gasteiger partial charge in [-0.1, -0.05) is 34.8 Å². The second kappa shape index (κ2) is 10.2. The van der Waals surface area contributed by atoms with Gasteiger partial charge in [-0.15, -0.1) is 0 Å². The molecule has 0 spiro atoms. The van der Waals surface area contributed by atoms with Crippen molar-refractivity contribution < 1.29 is 26.8 Å². The van der Waals surface area contributed by atoms with E-state index in [9.17, 15) is 27.3 Å². The summed E-state index contributed by atoms with van der Waals surface area (Å²) in [7, 11) is -3.01. The molecule has 14 heteroatoms. The molecular formula is C18H17Cl3F3N2O5P. The van der Waals surface area contributed by atoms with Gasteiger partial charge in [0.2, 0.25) is 0 Å². The zero-order valence-corrected chi connectivity index (χ0v) is 20.0. The maximum atomic E-state index is 13.1. The molecule has 2 rings (SSSR count). The second-order valence-electron chi connectivity index (χ2n) is 6.17. The van der Waals surface area contributed by atoms with Crippen molar-refractivity contribution in [3.8, 4) is 5.69 Å². The highest BCUT2D eigenvalue weighted by Gasteiger charge is 2.35. The molecule has 176 valence electrons. The molecule has 0 aliphatic carbocycles. The summed E-state index contributed by atoms with van der Waals surface area (Å²) < 4.78 is 62.7. The molecule has 0 bridgehead atoms. The maximum Gasteiger partial charge on any atom is 0.431 e. The van der Waals surface area contributed by atoms with Crippen LogP contribution in [0, 0.1) is 0 Å². The fourth-order valence-electron chi connectivity index (χ4n) is 2.66. The van der Waals surface area contributed by atoms with Crippen LogP contribution in [-0.2, 0) is 26.8 Å². The number of aromatic nitrogens is 2. The fraction of sp³-hybridized carbons (Fsp3) is 0.333. The normalized spacial score (nSPS) is 13.0. The van der Waals surface area contributed by atoms with Gasteiger partial charge >= 0.3 is 19.5 Å². The third kappa shape index (κ3) is 5.50. The highest BCUT2D eigenvalue weighted by atomic mass is 35.5. The van der Waals surface area contributed by atoms with Gasteiger partial charge in [-0.3, -0.25) is 13.9 Å². The molecule has 1 aromatic carbocycles. The van der Waals surface area contributed by atoms with Gasteiger partial charge in [-0.25, -0.2) is 9.36 Å². The van der Waals surface area contributed by atoms with Crippen LogP contribution >= 0.6 is 42.4 Å². The molecule has 0 atom stereocenters. The van der Waals surface area contributed by atoms with Crippen molar-refractivity contribution >= 4 is 48.5 Å². The summed E-state index contributed by atoms with van der Waals surface area (Å²) >= 11 is 18.4. The van der Waals surface area contributed by atoms with Gasteiger partial charge in [-0.2, -0.15) is 13.2 Å². The number of benzene rings is 1. The molecule has 0 aliphatic rings. The summed E-state index contributed by atoms with van der Waals surface area (Å²) in [5.74, 6) is 0. The van der Waals surface area contributed by atoms with Crippen LogP contribution in [0.15, 0.2) is 32.6 Å². The van der Waals surface area contributed by atoms with E-state index in [1.54, 1.807) is 13.8 Å². The van der Waals surface area contributed by atoms with Gasteiger partial charge in [0, 0.05) is 18.1 Å². The van der Waals surface area contributed by atoms with Crippen LogP contribution in [-0.4, -0.2) is 22.3 Å². The topological polar surface area (TPSA) is 79.5 Å². The Morgan fingerprint density at radius 1 is 1.09 bits per heavy atom. The molecule has 32 heavy (non-hydrogen) atoms. The van der Waals surface area contributed by atoms with Gasteiger partial charge in [0.15, 0.2) is 0 Å². The van der Waals surface area contributed by atoms with Crippen LogP contribution < -0.4 is 11.2 Å². The Bertz CT molecular complexity index is 1210. The van der Waals surface area contributed by atoms with Gasteiger partial charge in [0.1, 0.15) is 10.5 Å². The minimum Gasteiger partial charge on any atom is -0.305 e. The van der Waals surface area contributed by atoms with Crippen molar-refractivity contribution in [3.63, 3.8) is 0 Å². The van der Waals surface area contributed by atoms with Gasteiger partial charge < -0.3 is 9.05 Å².